The van der Waals surface area contributed by atoms with Crippen molar-refractivity contribution >= 4 is 50.8 Å². The van der Waals surface area contributed by atoms with Crippen LogP contribution in [0, 0.1) is 10.1 Å². The Morgan fingerprint density at radius 2 is 2.04 bits per heavy atom. The molecule has 1 fully saturated rings. The predicted octanol–water partition coefficient (Wildman–Crippen LogP) is 2.41. The lowest BCUT2D eigenvalue weighted by Crippen LogP contribution is -2.29. The van der Waals surface area contributed by atoms with Crippen molar-refractivity contribution < 1.29 is 14.5 Å². The van der Waals surface area contributed by atoms with Gasteiger partial charge in [0.25, 0.3) is 11.6 Å². The zero-order valence-corrected chi connectivity index (χ0v) is 16.6. The molecule has 1 aromatic heterocycles. The van der Waals surface area contributed by atoms with Crippen LogP contribution < -0.4 is 4.80 Å². The molecule has 1 saturated heterocycles. The van der Waals surface area contributed by atoms with Gasteiger partial charge >= 0.3 is 0 Å². The Hall–Kier alpha value is -2.20. The molecule has 1 aliphatic heterocycles. The molecule has 0 aliphatic carbocycles. The van der Waals surface area contributed by atoms with E-state index in [-0.39, 0.29) is 29.0 Å². The molecule has 3 rings (SSSR count). The number of rotatable bonds is 6. The molecule has 2 heterocycles. The van der Waals surface area contributed by atoms with E-state index in [1.54, 1.807) is 6.07 Å². The van der Waals surface area contributed by atoms with Gasteiger partial charge in [-0.3, -0.25) is 19.7 Å². The largest absolute Gasteiger partial charge is 0.342 e. The molecule has 0 N–H and O–H groups in total. The molecule has 2 aromatic rings. The Morgan fingerprint density at radius 1 is 1.30 bits per heavy atom. The number of aryl methyl sites for hydroxylation is 1. The Balaban J connectivity index is 1.71. The zero-order valence-electron chi connectivity index (χ0n) is 14.9. The molecule has 1 aliphatic rings. The number of thiazole rings is 1. The Morgan fingerprint density at radius 3 is 2.70 bits per heavy atom. The number of likely N-dealkylation sites (tertiary alicyclic amines) is 1. The summed E-state index contributed by atoms with van der Waals surface area (Å²) < 4.78 is 2.58. The third-order valence-corrected chi connectivity index (χ3v) is 6.27. The van der Waals surface area contributed by atoms with Crippen molar-refractivity contribution in [1.82, 2.24) is 9.47 Å². The summed E-state index contributed by atoms with van der Waals surface area (Å²) in [7, 11) is 0. The van der Waals surface area contributed by atoms with Crippen molar-refractivity contribution in [2.45, 2.75) is 26.3 Å². The van der Waals surface area contributed by atoms with Gasteiger partial charge in [-0.15, -0.1) is 11.8 Å². The first kappa shape index (κ1) is 19.6. The van der Waals surface area contributed by atoms with E-state index in [1.165, 1.54) is 35.2 Å². The van der Waals surface area contributed by atoms with E-state index in [2.05, 4.69) is 4.99 Å². The number of fused-ring (bicyclic) bond motifs is 1. The van der Waals surface area contributed by atoms with E-state index in [4.69, 9.17) is 0 Å². The molecule has 10 heteroatoms. The molecule has 8 nitrogen and oxygen atoms in total. The molecule has 0 unspecified atom stereocenters. The standard InChI is InChI=1S/C17H20N4O4S2/c1-2-20-13-6-5-12(21(24)25)9-14(13)27-17(20)18-15(22)10-26-11-16(23)19-7-3-4-8-19/h5-6,9H,2-4,7-8,10-11H2,1H3. The number of thioether (sulfide) groups is 1. The Labute approximate surface area is 164 Å². The monoisotopic (exact) mass is 408 g/mol. The van der Waals surface area contributed by atoms with Gasteiger partial charge in [0.2, 0.25) is 5.91 Å². The second kappa shape index (κ2) is 8.66. The molecule has 0 spiro atoms. The highest BCUT2D eigenvalue weighted by Gasteiger charge is 2.18. The predicted molar refractivity (Wildman–Crippen MR) is 106 cm³/mol. The molecule has 1 aromatic carbocycles. The number of carbonyl (C=O) groups is 2. The summed E-state index contributed by atoms with van der Waals surface area (Å²) in [6.45, 7) is 4.15. The molecular weight excluding hydrogens is 388 g/mol. The van der Waals surface area contributed by atoms with Gasteiger partial charge in [-0.05, 0) is 25.8 Å². The maximum absolute atomic E-state index is 12.2. The zero-order chi connectivity index (χ0) is 19.4. The quantitative estimate of drug-likeness (QED) is 0.540. The fraction of sp³-hybridized carbons (Fsp3) is 0.471. The summed E-state index contributed by atoms with van der Waals surface area (Å²) in [6, 6.07) is 4.63. The highest BCUT2D eigenvalue weighted by Crippen LogP contribution is 2.23. The lowest BCUT2D eigenvalue weighted by atomic mass is 10.3. The van der Waals surface area contributed by atoms with E-state index in [0.29, 0.717) is 11.3 Å². The number of hydrogen-bond acceptors (Lipinski definition) is 6. The summed E-state index contributed by atoms with van der Waals surface area (Å²) >= 11 is 2.53. The summed E-state index contributed by atoms with van der Waals surface area (Å²) in [6.07, 6.45) is 2.09. The SMILES string of the molecule is CCn1c(=NC(=O)CSCC(=O)N2CCCC2)sc2cc([N+](=O)[O-])ccc21. The van der Waals surface area contributed by atoms with Crippen LogP contribution in [0.1, 0.15) is 19.8 Å². The third kappa shape index (κ3) is 4.56. The second-order valence-electron chi connectivity index (χ2n) is 6.12. The number of carbonyl (C=O) groups excluding carboxylic acids is 2. The number of nitro benzene ring substituents is 1. The van der Waals surface area contributed by atoms with Crippen molar-refractivity contribution in [2.24, 2.45) is 4.99 Å². The normalized spacial score (nSPS) is 14.9. The first-order valence-electron chi connectivity index (χ1n) is 8.70. The van der Waals surface area contributed by atoms with Gasteiger partial charge in [-0.2, -0.15) is 4.99 Å². The van der Waals surface area contributed by atoms with Gasteiger partial charge in [-0.1, -0.05) is 11.3 Å². The van der Waals surface area contributed by atoms with Gasteiger partial charge in [0.1, 0.15) is 0 Å². The summed E-state index contributed by atoms with van der Waals surface area (Å²) in [5, 5.41) is 10.9. The number of benzene rings is 1. The fourth-order valence-corrected chi connectivity index (χ4v) is 4.83. The number of hydrogen-bond donors (Lipinski definition) is 0. The van der Waals surface area contributed by atoms with Gasteiger partial charge in [-0.25, -0.2) is 0 Å². The minimum atomic E-state index is -0.439. The van der Waals surface area contributed by atoms with E-state index in [0.717, 1.165) is 36.1 Å². The topological polar surface area (TPSA) is 97.8 Å². The van der Waals surface area contributed by atoms with Gasteiger partial charge in [0, 0.05) is 31.8 Å². The van der Waals surface area contributed by atoms with E-state index < -0.39 is 4.92 Å². The first-order chi connectivity index (χ1) is 13.0. The molecule has 0 atom stereocenters. The maximum Gasteiger partial charge on any atom is 0.270 e. The molecule has 144 valence electrons. The van der Waals surface area contributed by atoms with Crippen LogP contribution in [0.15, 0.2) is 23.2 Å². The van der Waals surface area contributed by atoms with Gasteiger partial charge in [0.05, 0.1) is 26.6 Å². The van der Waals surface area contributed by atoms with Crippen LogP contribution in [-0.4, -0.2) is 50.8 Å². The number of nitro groups is 1. The van der Waals surface area contributed by atoms with Crippen LogP contribution in [0.4, 0.5) is 5.69 Å². The first-order valence-corrected chi connectivity index (χ1v) is 10.7. The molecule has 0 bridgehead atoms. The number of aromatic nitrogens is 1. The smallest absolute Gasteiger partial charge is 0.270 e. The van der Waals surface area contributed by atoms with Crippen LogP contribution in [0.25, 0.3) is 10.2 Å². The van der Waals surface area contributed by atoms with Crippen LogP contribution in [-0.2, 0) is 16.1 Å². The number of nitrogens with zero attached hydrogens (tertiary/aromatic N) is 4. The van der Waals surface area contributed by atoms with Crippen molar-refractivity contribution in [1.29, 1.82) is 0 Å². The van der Waals surface area contributed by atoms with Gasteiger partial charge in [0.15, 0.2) is 4.80 Å². The highest BCUT2D eigenvalue weighted by atomic mass is 32.2. The van der Waals surface area contributed by atoms with Crippen molar-refractivity contribution in [2.75, 3.05) is 24.6 Å². The van der Waals surface area contributed by atoms with Crippen molar-refractivity contribution in [3.63, 3.8) is 0 Å². The Kier molecular flexibility index (Phi) is 6.27. The van der Waals surface area contributed by atoms with E-state index in [9.17, 15) is 19.7 Å². The minimum absolute atomic E-state index is 0.0147. The van der Waals surface area contributed by atoms with Crippen molar-refractivity contribution in [3.05, 3.63) is 33.1 Å². The van der Waals surface area contributed by atoms with Gasteiger partial charge < -0.3 is 9.47 Å². The number of amides is 2. The van der Waals surface area contributed by atoms with Crippen LogP contribution >= 0.6 is 23.1 Å². The fourth-order valence-electron chi connectivity index (χ4n) is 2.99. The summed E-state index contributed by atoms with van der Waals surface area (Å²) in [4.78, 5) is 41.2. The summed E-state index contributed by atoms with van der Waals surface area (Å²) in [5.74, 6) is 0.186. The van der Waals surface area contributed by atoms with Crippen molar-refractivity contribution in [3.8, 4) is 0 Å². The van der Waals surface area contributed by atoms with Crippen LogP contribution in [0.5, 0.6) is 0 Å². The minimum Gasteiger partial charge on any atom is -0.342 e. The molecule has 2 amide bonds. The summed E-state index contributed by atoms with van der Waals surface area (Å²) in [5.41, 5.74) is 0.831. The average molecular weight is 409 g/mol. The van der Waals surface area contributed by atoms with Crippen LogP contribution in [0.2, 0.25) is 0 Å². The molecule has 27 heavy (non-hydrogen) atoms. The maximum atomic E-state index is 12.2. The highest BCUT2D eigenvalue weighted by molar-refractivity contribution is 8.00. The molecule has 0 saturated carbocycles. The third-order valence-electron chi connectivity index (χ3n) is 4.32. The van der Waals surface area contributed by atoms with E-state index >= 15 is 0 Å². The van der Waals surface area contributed by atoms with E-state index in [1.807, 2.05) is 16.4 Å². The Bertz CT molecular complexity index is 944. The second-order valence-corrected chi connectivity index (χ2v) is 8.12. The van der Waals surface area contributed by atoms with Crippen LogP contribution in [0.3, 0.4) is 0 Å². The molecular formula is C17H20N4O4S2. The lowest BCUT2D eigenvalue weighted by Gasteiger charge is -2.14. The molecule has 0 radical (unpaired) electrons. The average Bonchev–Trinajstić information content (AvgIpc) is 3.28. The number of non-ortho nitro benzene ring substituents is 1. The lowest BCUT2D eigenvalue weighted by molar-refractivity contribution is -0.384.